The zero-order valence-electron chi connectivity index (χ0n) is 17.9. The predicted molar refractivity (Wildman–Crippen MR) is 121 cm³/mol. The van der Waals surface area contributed by atoms with E-state index in [1.165, 1.54) is 12.0 Å². The number of thiophene rings is 1. The fourth-order valence-corrected chi connectivity index (χ4v) is 5.58. The van der Waals surface area contributed by atoms with Gasteiger partial charge in [0, 0.05) is 34.4 Å². The summed E-state index contributed by atoms with van der Waals surface area (Å²) in [6.45, 7) is 0. The normalized spacial score (nSPS) is 19.8. The number of rotatable bonds is 5. The largest absolute Gasteiger partial charge is 0.493 e. The first-order chi connectivity index (χ1) is 15.5. The highest BCUT2D eigenvalue weighted by Gasteiger charge is 2.41. The van der Waals surface area contributed by atoms with E-state index in [0.717, 1.165) is 11.3 Å². The number of allylic oxidation sites excluding steroid dienone is 2. The van der Waals surface area contributed by atoms with Crippen molar-refractivity contribution in [3.63, 3.8) is 0 Å². The lowest BCUT2D eigenvalue weighted by Crippen LogP contribution is -2.31. The number of ketones is 1. The topological polar surface area (TPSA) is 105 Å². The number of benzene rings is 1. The van der Waals surface area contributed by atoms with Gasteiger partial charge in [-0.25, -0.2) is 0 Å². The van der Waals surface area contributed by atoms with Gasteiger partial charge in [0.05, 0.1) is 26.9 Å². The minimum absolute atomic E-state index is 0.0298. The number of H-pyrrole nitrogens is 2. The third-order valence-electron chi connectivity index (χ3n) is 6.14. The van der Waals surface area contributed by atoms with Crippen LogP contribution in [0.2, 0.25) is 0 Å². The first kappa shape index (κ1) is 20.4. The van der Waals surface area contributed by atoms with Gasteiger partial charge in [-0.15, -0.1) is 11.3 Å². The van der Waals surface area contributed by atoms with Crippen LogP contribution in [0.3, 0.4) is 0 Å². The molecule has 32 heavy (non-hydrogen) atoms. The van der Waals surface area contributed by atoms with Gasteiger partial charge in [-0.2, -0.15) is 0 Å². The Kier molecular flexibility index (Phi) is 5.05. The molecule has 2 unspecified atom stereocenters. The van der Waals surface area contributed by atoms with Crippen molar-refractivity contribution in [3.8, 4) is 17.2 Å². The summed E-state index contributed by atoms with van der Waals surface area (Å²) in [7, 11) is 4.62. The van der Waals surface area contributed by atoms with Crippen molar-refractivity contribution in [1.82, 2.24) is 10.2 Å². The lowest BCUT2D eigenvalue weighted by atomic mass is 9.74. The number of carbonyl (C=O) groups is 1. The third kappa shape index (κ3) is 3.12. The average molecular weight is 454 g/mol. The van der Waals surface area contributed by atoms with Gasteiger partial charge < -0.3 is 19.5 Å². The second-order valence-corrected chi connectivity index (χ2v) is 8.80. The maximum atomic E-state index is 13.5. The molecular formula is C23H23N3O5S. The van der Waals surface area contributed by atoms with Crippen molar-refractivity contribution < 1.29 is 19.0 Å². The van der Waals surface area contributed by atoms with E-state index in [0.29, 0.717) is 47.0 Å². The molecule has 0 radical (unpaired) electrons. The lowest BCUT2D eigenvalue weighted by molar-refractivity contribution is -0.116. The van der Waals surface area contributed by atoms with E-state index in [1.807, 2.05) is 11.4 Å². The zero-order valence-corrected chi connectivity index (χ0v) is 18.7. The van der Waals surface area contributed by atoms with Crippen LogP contribution in [0.25, 0.3) is 0 Å². The average Bonchev–Trinajstić information content (AvgIpc) is 3.47. The summed E-state index contributed by atoms with van der Waals surface area (Å²) in [5.74, 6) is 1.56. The fourth-order valence-electron chi connectivity index (χ4n) is 4.75. The molecule has 8 nitrogen and oxygen atoms in total. The smallest absolute Gasteiger partial charge is 0.270 e. The Labute approximate surface area is 188 Å². The Morgan fingerprint density at radius 2 is 1.75 bits per heavy atom. The molecule has 0 saturated heterocycles. The Balaban J connectivity index is 1.69. The summed E-state index contributed by atoms with van der Waals surface area (Å²) < 4.78 is 16.5. The van der Waals surface area contributed by atoms with E-state index in [1.54, 1.807) is 37.7 Å². The number of nitrogens with one attached hydrogen (secondary N) is 3. The Hall–Kier alpha value is -3.46. The molecule has 0 amide bonds. The van der Waals surface area contributed by atoms with Gasteiger partial charge in [0.1, 0.15) is 5.82 Å². The highest BCUT2D eigenvalue weighted by Crippen LogP contribution is 2.49. The summed E-state index contributed by atoms with van der Waals surface area (Å²) in [6.07, 6.45) is 1.09. The number of Topliss-reactive ketones (excluding diaryl/α,β-unsaturated/α-hetero) is 1. The maximum absolute atomic E-state index is 13.5. The molecule has 3 heterocycles. The molecule has 2 aromatic heterocycles. The summed E-state index contributed by atoms with van der Waals surface area (Å²) in [6, 6.07) is 7.67. The standard InChI is InChI=1S/C23H23N3O5S/c1-29-15-9-12(10-16(30-2)21(15)31-3)18-19-13(24-22-20(18)23(28)26-25-22)7-11(8-14(19)27)17-5-4-6-32-17/h4-6,9-11,18H,7-8H2,1-3H3,(H3,24,25,26,28). The summed E-state index contributed by atoms with van der Waals surface area (Å²) in [5, 5.41) is 10.9. The van der Waals surface area contributed by atoms with E-state index < -0.39 is 5.92 Å². The molecule has 3 aromatic rings. The first-order valence-corrected chi connectivity index (χ1v) is 11.1. The number of anilines is 1. The number of hydrogen-bond acceptors (Lipinski definition) is 7. The van der Waals surface area contributed by atoms with E-state index in [2.05, 4.69) is 21.6 Å². The number of methoxy groups -OCH3 is 3. The number of fused-ring (bicyclic) bond motifs is 1. The van der Waals surface area contributed by atoms with Gasteiger partial charge in [0.25, 0.3) is 5.56 Å². The molecule has 2 aliphatic rings. The van der Waals surface area contributed by atoms with Crippen LogP contribution in [0, 0.1) is 0 Å². The molecular weight excluding hydrogens is 430 g/mol. The monoisotopic (exact) mass is 453 g/mol. The van der Waals surface area contributed by atoms with Crippen molar-refractivity contribution in [2.45, 2.75) is 24.7 Å². The van der Waals surface area contributed by atoms with Crippen molar-refractivity contribution in [2.75, 3.05) is 26.6 Å². The molecule has 0 spiro atoms. The van der Waals surface area contributed by atoms with Crippen molar-refractivity contribution in [2.24, 2.45) is 0 Å². The van der Waals surface area contributed by atoms with Crippen LogP contribution >= 0.6 is 11.3 Å². The van der Waals surface area contributed by atoms with Crippen molar-refractivity contribution >= 4 is 22.9 Å². The van der Waals surface area contributed by atoms with Gasteiger partial charge in [0.15, 0.2) is 17.3 Å². The third-order valence-corrected chi connectivity index (χ3v) is 7.18. The Bertz CT molecular complexity index is 1250. The van der Waals surface area contributed by atoms with E-state index in [4.69, 9.17) is 14.2 Å². The second kappa shape index (κ2) is 7.90. The molecule has 3 N–H and O–H groups in total. The highest BCUT2D eigenvalue weighted by molar-refractivity contribution is 7.10. The number of hydrogen-bond donors (Lipinski definition) is 3. The SMILES string of the molecule is COc1cc(C2C3=C(CC(c4cccs4)CC3=O)Nc3[nH][nH]c(=O)c32)cc(OC)c1OC. The van der Waals surface area contributed by atoms with E-state index >= 15 is 0 Å². The maximum Gasteiger partial charge on any atom is 0.270 e. The van der Waals surface area contributed by atoms with Crippen LogP contribution in [0.15, 0.2) is 45.7 Å². The fraction of sp³-hybridized carbons (Fsp3) is 0.304. The van der Waals surface area contributed by atoms with Crippen molar-refractivity contribution in [3.05, 3.63) is 67.3 Å². The first-order valence-electron chi connectivity index (χ1n) is 10.2. The summed E-state index contributed by atoms with van der Waals surface area (Å²) in [4.78, 5) is 27.4. The number of aromatic amines is 2. The molecule has 5 rings (SSSR count). The summed E-state index contributed by atoms with van der Waals surface area (Å²) in [5.41, 5.74) is 2.38. The Morgan fingerprint density at radius 1 is 1.00 bits per heavy atom. The van der Waals surface area contributed by atoms with Crippen LogP contribution in [0.4, 0.5) is 5.82 Å². The molecule has 0 bridgehead atoms. The van der Waals surface area contributed by atoms with Crippen LogP contribution < -0.4 is 25.1 Å². The predicted octanol–water partition coefficient (Wildman–Crippen LogP) is 3.75. The number of carbonyl (C=O) groups excluding carboxylic acids is 1. The van der Waals surface area contributed by atoms with Gasteiger partial charge in [-0.3, -0.25) is 19.8 Å². The number of ether oxygens (including phenoxy) is 3. The molecule has 1 aliphatic heterocycles. The minimum atomic E-state index is -0.554. The van der Waals surface area contributed by atoms with Crippen LogP contribution in [0.1, 0.15) is 40.7 Å². The molecule has 2 atom stereocenters. The zero-order chi connectivity index (χ0) is 22.4. The van der Waals surface area contributed by atoms with Gasteiger partial charge in [-0.05, 0) is 35.6 Å². The van der Waals surface area contributed by atoms with Gasteiger partial charge in [0.2, 0.25) is 5.75 Å². The molecule has 1 aromatic carbocycles. The summed E-state index contributed by atoms with van der Waals surface area (Å²) >= 11 is 1.66. The van der Waals surface area contributed by atoms with Crippen LogP contribution in [-0.2, 0) is 4.79 Å². The quantitative estimate of drug-likeness (QED) is 0.543. The van der Waals surface area contributed by atoms with Crippen molar-refractivity contribution in [1.29, 1.82) is 0 Å². The second-order valence-electron chi connectivity index (χ2n) is 7.82. The van der Waals surface area contributed by atoms with Gasteiger partial charge >= 0.3 is 0 Å². The minimum Gasteiger partial charge on any atom is -0.493 e. The lowest BCUT2D eigenvalue weighted by Gasteiger charge is -2.34. The molecule has 0 saturated carbocycles. The molecule has 0 fully saturated rings. The molecule has 166 valence electrons. The van der Waals surface area contributed by atoms with E-state index in [9.17, 15) is 9.59 Å². The molecule has 9 heteroatoms. The molecule has 1 aliphatic carbocycles. The van der Waals surface area contributed by atoms with Crippen LogP contribution in [0.5, 0.6) is 17.2 Å². The van der Waals surface area contributed by atoms with Crippen LogP contribution in [-0.4, -0.2) is 37.3 Å². The highest BCUT2D eigenvalue weighted by atomic mass is 32.1. The number of aromatic nitrogens is 2. The van der Waals surface area contributed by atoms with E-state index in [-0.39, 0.29) is 17.3 Å². The Morgan fingerprint density at radius 3 is 2.38 bits per heavy atom. The van der Waals surface area contributed by atoms with Gasteiger partial charge in [-0.1, -0.05) is 6.07 Å².